The fraction of sp³-hybridized carbons (Fsp3) is 0.167. The van der Waals surface area contributed by atoms with E-state index in [1.54, 1.807) is 5.56 Å². The predicted octanol–water partition coefficient (Wildman–Crippen LogP) is 13.7. The van der Waals surface area contributed by atoms with Crippen LogP contribution in [0.4, 0.5) is 0 Å². The summed E-state index contributed by atoms with van der Waals surface area (Å²) in [6.45, 7) is 4.80. The largest absolute Gasteiger partial charge is 0.208 e. The monoisotopic (exact) mass is 733 g/mol. The Morgan fingerprint density at radius 1 is 0.333 bits per heavy atom. The standard InChI is InChI=1S/C54H43N3/c1-53(2)46-22-11-10-21-42(46)44-34-49-45(33-48(44)53)43-32-40(27-28-47(43)54(49)29-12-5-13-30-54)36-25-23-35(24-26-36)39-19-14-20-41(31-39)52-56-50(37-15-6-3-7-16-37)55-51(57-52)38-17-8-4-9-18-38/h3-4,6-11,14-28,31-34H,5,12-13,29-30H2,1-2H3. The van der Waals surface area contributed by atoms with Crippen molar-refractivity contribution in [2.75, 3.05) is 0 Å². The highest BCUT2D eigenvalue weighted by Gasteiger charge is 2.46. The van der Waals surface area contributed by atoms with Crippen molar-refractivity contribution in [2.24, 2.45) is 0 Å². The molecule has 0 unspecified atom stereocenters. The number of nitrogens with zero attached hydrogens (tertiary/aromatic N) is 3. The van der Waals surface area contributed by atoms with Gasteiger partial charge < -0.3 is 0 Å². The van der Waals surface area contributed by atoms with Crippen molar-refractivity contribution in [2.45, 2.75) is 56.8 Å². The number of fused-ring (bicyclic) bond motifs is 8. The lowest BCUT2D eigenvalue weighted by molar-refractivity contribution is 0.353. The van der Waals surface area contributed by atoms with E-state index in [1.165, 1.54) is 82.2 Å². The van der Waals surface area contributed by atoms with Crippen molar-refractivity contribution < 1.29 is 0 Å². The maximum atomic E-state index is 4.98. The summed E-state index contributed by atoms with van der Waals surface area (Å²) in [5.74, 6) is 1.99. The summed E-state index contributed by atoms with van der Waals surface area (Å²) in [5.41, 5.74) is 19.5. The molecule has 7 aromatic carbocycles. The zero-order valence-corrected chi connectivity index (χ0v) is 32.5. The van der Waals surface area contributed by atoms with Crippen molar-refractivity contribution in [1.82, 2.24) is 15.0 Å². The van der Waals surface area contributed by atoms with Gasteiger partial charge in [-0.1, -0.05) is 173 Å². The van der Waals surface area contributed by atoms with Crippen molar-refractivity contribution in [1.29, 1.82) is 0 Å². The number of hydrogen-bond donors (Lipinski definition) is 0. The summed E-state index contributed by atoms with van der Waals surface area (Å²) in [7, 11) is 0. The molecule has 11 rings (SSSR count). The van der Waals surface area contributed by atoms with Gasteiger partial charge in [-0.25, -0.2) is 15.0 Å². The van der Waals surface area contributed by atoms with E-state index in [1.807, 2.05) is 60.7 Å². The number of hydrogen-bond acceptors (Lipinski definition) is 3. The molecule has 1 spiro atoms. The molecule has 1 saturated carbocycles. The number of rotatable bonds is 5. The van der Waals surface area contributed by atoms with Crippen molar-refractivity contribution in [3.8, 4) is 78.7 Å². The van der Waals surface area contributed by atoms with E-state index in [0.29, 0.717) is 17.5 Å². The first kappa shape index (κ1) is 33.9. The third-order valence-corrected chi connectivity index (χ3v) is 13.1. The van der Waals surface area contributed by atoms with E-state index in [4.69, 9.17) is 15.0 Å². The molecule has 1 fully saturated rings. The molecule has 0 N–H and O–H groups in total. The van der Waals surface area contributed by atoms with Gasteiger partial charge in [0.2, 0.25) is 0 Å². The number of aromatic nitrogens is 3. The average Bonchev–Trinajstić information content (AvgIpc) is 3.66. The van der Waals surface area contributed by atoms with Crippen LogP contribution >= 0.6 is 0 Å². The lowest BCUT2D eigenvalue weighted by Crippen LogP contribution is -2.28. The summed E-state index contributed by atoms with van der Waals surface area (Å²) in [6.07, 6.45) is 6.38. The summed E-state index contributed by atoms with van der Waals surface area (Å²) in [6, 6.07) is 59.5. The van der Waals surface area contributed by atoms with E-state index in [0.717, 1.165) is 27.8 Å². The number of benzene rings is 7. The lowest BCUT2D eigenvalue weighted by Gasteiger charge is -2.36. The Morgan fingerprint density at radius 2 is 0.825 bits per heavy atom. The van der Waals surface area contributed by atoms with Crippen LogP contribution in [0.1, 0.15) is 68.2 Å². The first-order chi connectivity index (χ1) is 28.0. The van der Waals surface area contributed by atoms with Crippen LogP contribution in [-0.4, -0.2) is 15.0 Å². The van der Waals surface area contributed by atoms with Crippen LogP contribution in [-0.2, 0) is 10.8 Å². The minimum Gasteiger partial charge on any atom is -0.208 e. The van der Waals surface area contributed by atoms with E-state index < -0.39 is 0 Å². The van der Waals surface area contributed by atoms with Gasteiger partial charge in [-0.15, -0.1) is 0 Å². The molecule has 274 valence electrons. The van der Waals surface area contributed by atoms with Gasteiger partial charge in [-0.2, -0.15) is 0 Å². The maximum Gasteiger partial charge on any atom is 0.164 e. The second kappa shape index (κ2) is 13.1. The maximum absolute atomic E-state index is 4.98. The molecule has 3 nitrogen and oxygen atoms in total. The van der Waals surface area contributed by atoms with E-state index in [-0.39, 0.29) is 10.8 Å². The molecule has 3 heteroatoms. The van der Waals surface area contributed by atoms with E-state index in [9.17, 15) is 0 Å². The van der Waals surface area contributed by atoms with Crippen molar-refractivity contribution in [3.05, 3.63) is 186 Å². The summed E-state index contributed by atoms with van der Waals surface area (Å²) in [5, 5.41) is 0. The van der Waals surface area contributed by atoms with Gasteiger partial charge in [0.25, 0.3) is 0 Å². The molecule has 0 amide bonds. The third-order valence-electron chi connectivity index (χ3n) is 13.1. The highest BCUT2D eigenvalue weighted by Crippen LogP contribution is 2.60. The fourth-order valence-electron chi connectivity index (χ4n) is 10.2. The highest BCUT2D eigenvalue weighted by molar-refractivity contribution is 5.91. The molecule has 57 heavy (non-hydrogen) atoms. The molecule has 1 heterocycles. The van der Waals surface area contributed by atoms with Crippen LogP contribution < -0.4 is 0 Å². The first-order valence-electron chi connectivity index (χ1n) is 20.5. The molecule has 8 aromatic rings. The minimum atomic E-state index is -0.0218. The summed E-state index contributed by atoms with van der Waals surface area (Å²) < 4.78 is 0. The SMILES string of the molecule is CC1(C)c2ccccc2-c2cc3c(cc21)-c1cc(-c2ccc(-c4cccc(-c5nc(-c6ccccc6)nc(-c6ccccc6)n5)c4)cc2)ccc1C31CCCCC1. The predicted molar refractivity (Wildman–Crippen MR) is 234 cm³/mol. The van der Waals surface area contributed by atoms with Crippen molar-refractivity contribution in [3.63, 3.8) is 0 Å². The second-order valence-corrected chi connectivity index (χ2v) is 16.7. The molecule has 3 aliphatic rings. The van der Waals surface area contributed by atoms with Gasteiger partial charge in [-0.05, 0) is 104 Å². The molecule has 0 saturated heterocycles. The Kier molecular flexibility index (Phi) is 7.76. The van der Waals surface area contributed by atoms with Crippen LogP contribution in [0.3, 0.4) is 0 Å². The summed E-state index contributed by atoms with van der Waals surface area (Å²) >= 11 is 0. The molecule has 0 atom stereocenters. The summed E-state index contributed by atoms with van der Waals surface area (Å²) in [4.78, 5) is 14.8. The molecule has 1 aromatic heterocycles. The van der Waals surface area contributed by atoms with Crippen LogP contribution in [0.15, 0.2) is 164 Å². The first-order valence-corrected chi connectivity index (χ1v) is 20.5. The Balaban J connectivity index is 0.954. The topological polar surface area (TPSA) is 38.7 Å². The van der Waals surface area contributed by atoms with Gasteiger partial charge in [0.15, 0.2) is 17.5 Å². The van der Waals surface area contributed by atoms with E-state index in [2.05, 4.69) is 117 Å². The van der Waals surface area contributed by atoms with Crippen molar-refractivity contribution >= 4 is 0 Å². The molecule has 0 aliphatic heterocycles. The normalized spacial score (nSPS) is 15.5. The molecule has 0 bridgehead atoms. The highest BCUT2D eigenvalue weighted by atomic mass is 15.0. The van der Waals surface area contributed by atoms with Crippen LogP contribution in [0.5, 0.6) is 0 Å². The molecular weight excluding hydrogens is 691 g/mol. The molecule has 0 radical (unpaired) electrons. The van der Waals surface area contributed by atoms with Gasteiger partial charge >= 0.3 is 0 Å². The Labute approximate surface area is 335 Å². The van der Waals surface area contributed by atoms with Gasteiger partial charge in [0, 0.05) is 27.5 Å². The Bertz CT molecular complexity index is 2770. The van der Waals surface area contributed by atoms with Gasteiger partial charge in [-0.3, -0.25) is 0 Å². The molecule has 3 aliphatic carbocycles. The zero-order chi connectivity index (χ0) is 38.1. The second-order valence-electron chi connectivity index (χ2n) is 16.7. The smallest absolute Gasteiger partial charge is 0.164 e. The Morgan fingerprint density at radius 3 is 1.49 bits per heavy atom. The third kappa shape index (κ3) is 5.44. The Hall–Kier alpha value is -6.45. The van der Waals surface area contributed by atoms with Crippen LogP contribution in [0.2, 0.25) is 0 Å². The van der Waals surface area contributed by atoms with Crippen LogP contribution in [0, 0.1) is 0 Å². The minimum absolute atomic E-state index is 0.0218. The quantitative estimate of drug-likeness (QED) is 0.177. The van der Waals surface area contributed by atoms with Gasteiger partial charge in [0.05, 0.1) is 0 Å². The fourth-order valence-corrected chi connectivity index (χ4v) is 10.2. The van der Waals surface area contributed by atoms with Crippen LogP contribution in [0.25, 0.3) is 78.7 Å². The van der Waals surface area contributed by atoms with E-state index >= 15 is 0 Å². The molecular formula is C54H43N3. The average molecular weight is 734 g/mol. The zero-order valence-electron chi connectivity index (χ0n) is 32.5. The lowest BCUT2D eigenvalue weighted by atomic mass is 9.67. The van der Waals surface area contributed by atoms with Gasteiger partial charge in [0.1, 0.15) is 0 Å².